The van der Waals surface area contributed by atoms with Crippen LogP contribution in [0.5, 0.6) is 0 Å². The van der Waals surface area contributed by atoms with Gasteiger partial charge in [-0.05, 0) is 22.9 Å². The number of fused-ring (bicyclic) bond motifs is 3. The second-order valence-electron chi connectivity index (χ2n) is 7.06. The fourth-order valence-corrected chi connectivity index (χ4v) is 5.68. The van der Waals surface area contributed by atoms with Gasteiger partial charge >= 0.3 is 59.1 Å². The summed E-state index contributed by atoms with van der Waals surface area (Å²) >= 11 is 5.84. The summed E-state index contributed by atoms with van der Waals surface area (Å²) in [4.78, 5) is 2.23. The second kappa shape index (κ2) is 10.8. The van der Waals surface area contributed by atoms with Gasteiger partial charge in [-0.1, -0.05) is 90.7 Å². The van der Waals surface area contributed by atoms with E-state index in [-0.39, 0.29) is 59.1 Å². The van der Waals surface area contributed by atoms with Crippen molar-refractivity contribution in [2.45, 2.75) is 0 Å². The summed E-state index contributed by atoms with van der Waals surface area (Å²) in [7, 11) is 2.10. The Morgan fingerprint density at radius 3 is 1.97 bits per heavy atom. The van der Waals surface area contributed by atoms with E-state index >= 15 is 0 Å². The Hall–Kier alpha value is -0.870. The van der Waals surface area contributed by atoms with Crippen molar-refractivity contribution in [1.29, 1.82) is 0 Å². The average Bonchev–Trinajstić information content (AvgIpc) is 2.78. The first kappa shape index (κ1) is 24.8. The molecule has 0 amide bonds. The second-order valence-corrected chi connectivity index (χ2v) is 9.52. The molecule has 4 aromatic rings. The molecule has 1 aliphatic heterocycles. The Kier molecular flexibility index (Phi) is 8.65. The average molecular weight is 461 g/mol. The molecule has 1 unspecified atom stereocenters. The number of rotatable bonds is 3. The molecular formula is C25H22NNa2OPS. The van der Waals surface area contributed by atoms with Gasteiger partial charge in [0.15, 0.2) is 0 Å². The van der Waals surface area contributed by atoms with E-state index in [2.05, 4.69) is 103 Å². The van der Waals surface area contributed by atoms with Gasteiger partial charge in [0.05, 0.1) is 6.26 Å². The van der Waals surface area contributed by atoms with Crippen LogP contribution in [0.1, 0.15) is 11.1 Å². The number of hydrogen-bond acceptors (Lipinski definition) is 3. The maximum absolute atomic E-state index is 6.26. The van der Waals surface area contributed by atoms with Crippen molar-refractivity contribution in [2.24, 2.45) is 0 Å². The van der Waals surface area contributed by atoms with Crippen LogP contribution in [0.3, 0.4) is 0 Å². The normalized spacial score (nSPS) is 12.7. The van der Waals surface area contributed by atoms with Crippen LogP contribution >= 0.6 is 6.92 Å². The van der Waals surface area contributed by atoms with E-state index in [1.807, 2.05) is 6.26 Å². The third-order valence-corrected chi connectivity index (χ3v) is 7.56. The van der Waals surface area contributed by atoms with Gasteiger partial charge in [-0.25, -0.2) is 0 Å². The van der Waals surface area contributed by atoms with Crippen LogP contribution in [-0.2, 0) is 16.3 Å². The quantitative estimate of drug-likeness (QED) is 0.244. The molecule has 1 atom stereocenters. The van der Waals surface area contributed by atoms with E-state index in [9.17, 15) is 0 Å². The Bertz CT molecular complexity index is 1240. The molecule has 0 radical (unpaired) electrons. The van der Waals surface area contributed by atoms with Gasteiger partial charge < -0.3 is 9.42 Å². The van der Waals surface area contributed by atoms with Crippen molar-refractivity contribution in [3.05, 3.63) is 108 Å². The molecule has 0 bridgehead atoms. The molecule has 5 rings (SSSR count). The maximum atomic E-state index is 6.26. The molecule has 0 aromatic heterocycles. The van der Waals surface area contributed by atoms with Crippen molar-refractivity contribution in [3.63, 3.8) is 0 Å². The molecule has 146 valence electrons. The SMILES string of the molecule is CN1c2ccccc2C(=CO[PH](=S)c2cccc3ccccc23)c2ccccc21.[NaH].[NaH]. The van der Waals surface area contributed by atoms with Crippen molar-refractivity contribution >= 4 is 111 Å². The predicted octanol–water partition coefficient (Wildman–Crippen LogP) is 4.95. The Balaban J connectivity index is 0.00000136. The van der Waals surface area contributed by atoms with Gasteiger partial charge in [-0.15, -0.1) is 0 Å². The Labute approximate surface area is 233 Å². The van der Waals surface area contributed by atoms with Crippen LogP contribution in [0.25, 0.3) is 16.3 Å². The number of anilines is 2. The molecule has 2 nitrogen and oxygen atoms in total. The minimum absolute atomic E-state index is 0. The van der Waals surface area contributed by atoms with E-state index in [0.29, 0.717) is 0 Å². The molecule has 31 heavy (non-hydrogen) atoms. The molecular weight excluding hydrogens is 439 g/mol. The van der Waals surface area contributed by atoms with Gasteiger partial charge in [0, 0.05) is 40.4 Å². The van der Waals surface area contributed by atoms with Gasteiger partial charge in [0.25, 0.3) is 0 Å². The van der Waals surface area contributed by atoms with Crippen molar-refractivity contribution in [2.75, 3.05) is 11.9 Å². The summed E-state index contributed by atoms with van der Waals surface area (Å²) in [5, 5.41) is 3.50. The van der Waals surface area contributed by atoms with Crippen LogP contribution < -0.4 is 10.2 Å². The zero-order valence-electron chi connectivity index (χ0n) is 16.0. The zero-order chi connectivity index (χ0) is 19.8. The third-order valence-electron chi connectivity index (χ3n) is 5.40. The molecule has 1 aliphatic rings. The standard InChI is InChI=1S/C25H20NOPS.2Na.2H/c1-26-23-14-6-4-12-20(23)22(21-13-5-7-15-24(21)26)17-27-28(29)25-16-8-10-18-9-2-3-11-19(18)25;;;;/h2-17,28H,1H3;;;;. The van der Waals surface area contributed by atoms with Gasteiger partial charge in [-0.2, -0.15) is 0 Å². The van der Waals surface area contributed by atoms with E-state index in [1.165, 1.54) is 22.1 Å². The first-order valence-corrected chi connectivity index (χ1v) is 12.1. The number of nitrogens with zero attached hydrogens (tertiary/aromatic N) is 1. The molecule has 0 N–H and O–H groups in total. The van der Waals surface area contributed by atoms with Gasteiger partial charge in [0.2, 0.25) is 0 Å². The molecule has 6 heteroatoms. The van der Waals surface area contributed by atoms with Gasteiger partial charge in [-0.3, -0.25) is 0 Å². The first-order valence-electron chi connectivity index (χ1n) is 9.55. The monoisotopic (exact) mass is 461 g/mol. The Morgan fingerprint density at radius 1 is 0.742 bits per heavy atom. The number of benzene rings is 4. The van der Waals surface area contributed by atoms with Crippen LogP contribution in [0.2, 0.25) is 0 Å². The van der Waals surface area contributed by atoms with Crippen LogP contribution in [0.15, 0.2) is 97.3 Å². The van der Waals surface area contributed by atoms with Crippen LogP contribution in [0.4, 0.5) is 11.4 Å². The summed E-state index contributed by atoms with van der Waals surface area (Å²) in [6, 6.07) is 31.5. The summed E-state index contributed by atoms with van der Waals surface area (Å²) in [6.07, 6.45) is 1.88. The summed E-state index contributed by atoms with van der Waals surface area (Å²) in [6.45, 7) is -1.61. The van der Waals surface area contributed by atoms with Gasteiger partial charge in [0.1, 0.15) is 6.92 Å². The molecule has 0 saturated carbocycles. The topological polar surface area (TPSA) is 12.5 Å². The predicted molar refractivity (Wildman–Crippen MR) is 143 cm³/mol. The minimum atomic E-state index is -1.61. The van der Waals surface area contributed by atoms with Crippen molar-refractivity contribution < 1.29 is 4.52 Å². The van der Waals surface area contributed by atoms with Crippen molar-refractivity contribution in [1.82, 2.24) is 0 Å². The molecule has 0 saturated heterocycles. The summed E-state index contributed by atoms with van der Waals surface area (Å²) < 4.78 is 6.26. The summed E-state index contributed by atoms with van der Waals surface area (Å²) in [5.74, 6) is 0. The van der Waals surface area contributed by atoms with Crippen LogP contribution in [0, 0.1) is 0 Å². The Morgan fingerprint density at radius 2 is 1.29 bits per heavy atom. The third kappa shape index (κ3) is 4.76. The fraction of sp³-hybridized carbons (Fsp3) is 0.0400. The van der Waals surface area contributed by atoms with E-state index in [1.54, 1.807) is 0 Å². The molecule has 0 fully saturated rings. The zero-order valence-corrected chi connectivity index (χ0v) is 17.8. The van der Waals surface area contributed by atoms with Crippen molar-refractivity contribution in [3.8, 4) is 0 Å². The van der Waals surface area contributed by atoms with E-state index in [0.717, 1.165) is 22.0 Å². The molecule has 4 aromatic carbocycles. The first-order chi connectivity index (χ1) is 14.2. The van der Waals surface area contributed by atoms with E-state index in [4.69, 9.17) is 16.3 Å². The molecule has 0 aliphatic carbocycles. The summed E-state index contributed by atoms with van der Waals surface area (Å²) in [5.41, 5.74) is 5.75. The van der Waals surface area contributed by atoms with E-state index < -0.39 is 6.92 Å². The number of para-hydroxylation sites is 2. The molecule has 0 spiro atoms. The molecule has 1 heterocycles. The van der Waals surface area contributed by atoms with Crippen LogP contribution in [-0.4, -0.2) is 66.2 Å². The number of hydrogen-bond donors (Lipinski definition) is 0. The fourth-order valence-electron chi connectivity index (χ4n) is 3.97.